The molecule has 16 heavy (non-hydrogen) atoms. The van der Waals surface area contributed by atoms with Crippen LogP contribution in [0.5, 0.6) is 0 Å². The van der Waals surface area contributed by atoms with Gasteiger partial charge in [-0.3, -0.25) is 0 Å². The molecular formula is C11H8FNO3. The number of hydrogen-bond acceptors (Lipinski definition) is 3. The van der Waals surface area contributed by atoms with Crippen LogP contribution in [0.3, 0.4) is 0 Å². The molecule has 0 saturated heterocycles. The molecule has 1 heterocycles. The van der Waals surface area contributed by atoms with Gasteiger partial charge in [-0.1, -0.05) is 0 Å². The molecule has 1 N–H and O–H groups in total. The molecule has 0 bridgehead atoms. The van der Waals surface area contributed by atoms with Crippen LogP contribution in [-0.4, -0.2) is 16.1 Å². The van der Waals surface area contributed by atoms with Gasteiger partial charge in [0.2, 0.25) is 5.89 Å². The van der Waals surface area contributed by atoms with Crippen LogP contribution >= 0.6 is 0 Å². The summed E-state index contributed by atoms with van der Waals surface area (Å²) in [5.41, 5.74) is 0.937. The van der Waals surface area contributed by atoms with Crippen LogP contribution in [0.2, 0.25) is 0 Å². The van der Waals surface area contributed by atoms with Gasteiger partial charge < -0.3 is 9.52 Å². The van der Waals surface area contributed by atoms with Crippen molar-refractivity contribution in [1.29, 1.82) is 0 Å². The fourth-order valence-corrected chi connectivity index (χ4v) is 1.36. The maximum absolute atomic E-state index is 13.1. The third kappa shape index (κ3) is 1.93. The predicted octanol–water partition coefficient (Wildman–Crippen LogP) is 2.49. The zero-order valence-electron chi connectivity index (χ0n) is 8.40. The molecule has 1 aromatic heterocycles. The monoisotopic (exact) mass is 221 g/mol. The molecule has 82 valence electrons. The minimum atomic E-state index is -1.18. The summed E-state index contributed by atoms with van der Waals surface area (Å²) in [6, 6.07) is 4.27. The molecule has 0 fully saturated rings. The van der Waals surface area contributed by atoms with Crippen molar-refractivity contribution in [1.82, 2.24) is 4.98 Å². The lowest BCUT2D eigenvalue weighted by Gasteiger charge is -1.98. The summed E-state index contributed by atoms with van der Waals surface area (Å²) in [5.74, 6) is -1.49. The molecule has 2 rings (SSSR count). The predicted molar refractivity (Wildman–Crippen MR) is 53.6 cm³/mol. The summed E-state index contributed by atoms with van der Waals surface area (Å²) in [4.78, 5) is 14.3. The van der Waals surface area contributed by atoms with Crippen molar-refractivity contribution >= 4 is 5.97 Å². The van der Waals surface area contributed by atoms with E-state index in [2.05, 4.69) is 4.98 Å². The highest BCUT2D eigenvalue weighted by atomic mass is 19.1. The van der Waals surface area contributed by atoms with Gasteiger partial charge in [-0.15, -0.1) is 0 Å². The molecule has 0 amide bonds. The number of halogens is 1. The van der Waals surface area contributed by atoms with Gasteiger partial charge in [0.15, 0.2) is 5.69 Å². The minimum absolute atomic E-state index is 0.0972. The maximum atomic E-state index is 13.1. The van der Waals surface area contributed by atoms with E-state index in [1.807, 2.05) is 0 Å². The lowest BCUT2D eigenvalue weighted by Crippen LogP contribution is -1.95. The van der Waals surface area contributed by atoms with E-state index in [1.165, 1.54) is 12.1 Å². The molecule has 4 nitrogen and oxygen atoms in total. The van der Waals surface area contributed by atoms with Crippen LogP contribution < -0.4 is 0 Å². The van der Waals surface area contributed by atoms with Gasteiger partial charge in [-0.2, -0.15) is 0 Å². The number of aromatic nitrogens is 1. The van der Waals surface area contributed by atoms with Crippen LogP contribution in [0.4, 0.5) is 4.39 Å². The largest absolute Gasteiger partial charge is 0.476 e. The van der Waals surface area contributed by atoms with Crippen molar-refractivity contribution in [3.8, 4) is 11.5 Å². The van der Waals surface area contributed by atoms with Crippen LogP contribution in [0.25, 0.3) is 11.5 Å². The first kappa shape index (κ1) is 10.4. The van der Waals surface area contributed by atoms with Crippen molar-refractivity contribution in [3.05, 3.63) is 41.5 Å². The molecule has 0 spiro atoms. The number of benzene rings is 1. The number of carbonyl (C=O) groups is 1. The number of oxazole rings is 1. The maximum Gasteiger partial charge on any atom is 0.357 e. The second-order valence-electron chi connectivity index (χ2n) is 3.36. The Balaban J connectivity index is 2.46. The first-order valence-electron chi connectivity index (χ1n) is 4.52. The standard InChI is InChI=1S/C11H8FNO3/c1-6-2-7(4-8(12)3-6)10-13-9(5-16-10)11(14)15/h2-5H,1H3,(H,14,15). The Morgan fingerprint density at radius 2 is 2.19 bits per heavy atom. The summed E-state index contributed by atoms with van der Waals surface area (Å²) >= 11 is 0. The Bertz CT molecular complexity index is 528. The third-order valence-electron chi connectivity index (χ3n) is 2.01. The second kappa shape index (κ2) is 3.77. The van der Waals surface area contributed by atoms with E-state index >= 15 is 0 Å². The Morgan fingerprint density at radius 3 is 2.75 bits per heavy atom. The Kier molecular flexibility index (Phi) is 2.44. The summed E-state index contributed by atoms with van der Waals surface area (Å²) < 4.78 is 18.1. The highest BCUT2D eigenvalue weighted by molar-refractivity contribution is 5.85. The molecule has 2 aromatic rings. The number of carboxylic acid groups (broad SMARTS) is 1. The normalized spacial score (nSPS) is 10.4. The zero-order valence-corrected chi connectivity index (χ0v) is 8.40. The Morgan fingerprint density at radius 1 is 1.44 bits per heavy atom. The average Bonchev–Trinajstić information content (AvgIpc) is 2.64. The zero-order chi connectivity index (χ0) is 11.7. The SMILES string of the molecule is Cc1cc(F)cc(-c2nc(C(=O)O)co2)c1. The molecule has 1 aromatic carbocycles. The van der Waals surface area contributed by atoms with Gasteiger partial charge >= 0.3 is 5.97 Å². The smallest absolute Gasteiger partial charge is 0.357 e. The van der Waals surface area contributed by atoms with Gasteiger partial charge in [0.25, 0.3) is 0 Å². The van der Waals surface area contributed by atoms with E-state index in [0.29, 0.717) is 11.1 Å². The van der Waals surface area contributed by atoms with E-state index in [0.717, 1.165) is 6.26 Å². The number of rotatable bonds is 2. The molecular weight excluding hydrogens is 213 g/mol. The van der Waals surface area contributed by atoms with Crippen molar-refractivity contribution in [2.45, 2.75) is 6.92 Å². The van der Waals surface area contributed by atoms with Crippen molar-refractivity contribution in [2.24, 2.45) is 0 Å². The van der Waals surface area contributed by atoms with Crippen molar-refractivity contribution < 1.29 is 18.7 Å². The number of nitrogens with zero attached hydrogens (tertiary/aromatic N) is 1. The molecule has 0 aliphatic carbocycles. The van der Waals surface area contributed by atoms with Gasteiger partial charge in [-0.05, 0) is 30.7 Å². The number of hydrogen-bond donors (Lipinski definition) is 1. The highest BCUT2D eigenvalue weighted by Crippen LogP contribution is 2.21. The van der Waals surface area contributed by atoms with E-state index in [4.69, 9.17) is 9.52 Å². The van der Waals surface area contributed by atoms with E-state index in [1.54, 1.807) is 13.0 Å². The molecule has 0 atom stereocenters. The first-order valence-corrected chi connectivity index (χ1v) is 4.52. The lowest BCUT2D eigenvalue weighted by atomic mass is 10.1. The van der Waals surface area contributed by atoms with Gasteiger partial charge in [0.05, 0.1) is 0 Å². The van der Waals surface area contributed by atoms with Gasteiger partial charge in [0, 0.05) is 5.56 Å². The molecule has 0 saturated carbocycles. The topological polar surface area (TPSA) is 63.3 Å². The average molecular weight is 221 g/mol. The number of aryl methyl sites for hydroxylation is 1. The summed E-state index contributed by atoms with van der Waals surface area (Å²) in [5, 5.41) is 8.66. The van der Waals surface area contributed by atoms with Crippen LogP contribution in [0, 0.1) is 12.7 Å². The van der Waals surface area contributed by atoms with Gasteiger partial charge in [-0.25, -0.2) is 14.2 Å². The summed E-state index contributed by atoms with van der Waals surface area (Å²) in [6.45, 7) is 1.73. The number of carboxylic acids is 1. The van der Waals surface area contributed by atoms with Crippen molar-refractivity contribution in [3.63, 3.8) is 0 Å². The molecule has 0 aliphatic heterocycles. The van der Waals surface area contributed by atoms with Crippen LogP contribution in [0.1, 0.15) is 16.1 Å². The van der Waals surface area contributed by atoms with Gasteiger partial charge in [0.1, 0.15) is 12.1 Å². The lowest BCUT2D eigenvalue weighted by molar-refractivity contribution is 0.0690. The summed E-state index contributed by atoms with van der Waals surface area (Å²) in [6.07, 6.45) is 1.03. The fourth-order valence-electron chi connectivity index (χ4n) is 1.36. The van der Waals surface area contributed by atoms with Crippen LogP contribution in [-0.2, 0) is 0 Å². The van der Waals surface area contributed by atoms with Crippen LogP contribution in [0.15, 0.2) is 28.9 Å². The van der Waals surface area contributed by atoms with Crippen molar-refractivity contribution in [2.75, 3.05) is 0 Å². The van der Waals surface area contributed by atoms with E-state index < -0.39 is 11.8 Å². The molecule has 0 aliphatic rings. The molecule has 5 heteroatoms. The fraction of sp³-hybridized carbons (Fsp3) is 0.0909. The van der Waals surface area contributed by atoms with E-state index in [-0.39, 0.29) is 11.6 Å². The quantitative estimate of drug-likeness (QED) is 0.846. The Hall–Kier alpha value is -2.17. The first-order chi connectivity index (χ1) is 7.56. The second-order valence-corrected chi connectivity index (χ2v) is 3.36. The summed E-state index contributed by atoms with van der Waals surface area (Å²) in [7, 11) is 0. The molecule has 0 unspecified atom stereocenters. The van der Waals surface area contributed by atoms with E-state index in [9.17, 15) is 9.18 Å². The third-order valence-corrected chi connectivity index (χ3v) is 2.01. The minimum Gasteiger partial charge on any atom is -0.476 e. The molecule has 0 radical (unpaired) electrons. The Labute approximate surface area is 90.4 Å². The highest BCUT2D eigenvalue weighted by Gasteiger charge is 2.12. The number of aromatic carboxylic acids is 1.